The SMILES string of the molecule is CC[CH-]N1CCOCC1.[W]. The first kappa shape index (κ1) is 10.6. The second kappa shape index (κ2) is 6.33. The molecule has 0 amide bonds. The van der Waals surface area contributed by atoms with Crippen molar-refractivity contribution in [1.29, 1.82) is 0 Å². The standard InChI is InChI=1S/C7H14NO.W/c1-2-3-8-4-6-9-7-5-8;/h3H,2,4-7H2,1H3;/q-1;. The van der Waals surface area contributed by atoms with Gasteiger partial charge in [0, 0.05) is 21.1 Å². The van der Waals surface area contributed by atoms with Gasteiger partial charge in [0.25, 0.3) is 0 Å². The van der Waals surface area contributed by atoms with Crippen LogP contribution in [0.3, 0.4) is 0 Å². The van der Waals surface area contributed by atoms with E-state index in [4.69, 9.17) is 4.74 Å². The second-order valence-electron chi connectivity index (χ2n) is 2.24. The van der Waals surface area contributed by atoms with Crippen LogP contribution >= 0.6 is 0 Å². The zero-order valence-electron chi connectivity index (χ0n) is 6.38. The van der Waals surface area contributed by atoms with Gasteiger partial charge in [0.05, 0.1) is 13.2 Å². The molecule has 10 heavy (non-hydrogen) atoms. The van der Waals surface area contributed by atoms with Crippen LogP contribution < -0.4 is 0 Å². The van der Waals surface area contributed by atoms with Gasteiger partial charge in [-0.25, -0.2) is 0 Å². The number of rotatable bonds is 2. The topological polar surface area (TPSA) is 12.5 Å². The summed E-state index contributed by atoms with van der Waals surface area (Å²) in [7, 11) is 0. The summed E-state index contributed by atoms with van der Waals surface area (Å²) in [6, 6.07) is 0. The molecule has 0 spiro atoms. The largest absolute Gasteiger partial charge is 0.453 e. The molecule has 60 valence electrons. The fraction of sp³-hybridized carbons (Fsp3) is 0.857. The number of hydrogen-bond donors (Lipinski definition) is 0. The number of nitrogens with zero attached hydrogens (tertiary/aromatic N) is 1. The van der Waals surface area contributed by atoms with Gasteiger partial charge >= 0.3 is 0 Å². The maximum atomic E-state index is 5.18. The first-order valence-electron chi connectivity index (χ1n) is 3.58. The zero-order chi connectivity index (χ0) is 6.53. The van der Waals surface area contributed by atoms with E-state index in [1.54, 1.807) is 0 Å². The summed E-state index contributed by atoms with van der Waals surface area (Å²) >= 11 is 0. The molecule has 0 saturated carbocycles. The smallest absolute Gasteiger partial charge is 0.0570 e. The van der Waals surface area contributed by atoms with E-state index in [1.807, 2.05) is 0 Å². The van der Waals surface area contributed by atoms with Crippen molar-refractivity contribution >= 4 is 0 Å². The molecule has 1 aliphatic rings. The average molecular weight is 312 g/mol. The number of morpholine rings is 1. The summed E-state index contributed by atoms with van der Waals surface area (Å²) in [5.74, 6) is 0. The molecule has 1 fully saturated rings. The van der Waals surface area contributed by atoms with Crippen LogP contribution in [0.2, 0.25) is 0 Å². The molecule has 0 aromatic heterocycles. The third-order valence-corrected chi connectivity index (χ3v) is 1.49. The molecular formula is C7H14NOW-. The van der Waals surface area contributed by atoms with Crippen molar-refractivity contribution in [3.63, 3.8) is 0 Å². The van der Waals surface area contributed by atoms with E-state index in [9.17, 15) is 0 Å². The van der Waals surface area contributed by atoms with E-state index in [0.717, 1.165) is 32.7 Å². The van der Waals surface area contributed by atoms with Gasteiger partial charge in [-0.1, -0.05) is 6.92 Å². The molecule has 1 saturated heterocycles. The quantitative estimate of drug-likeness (QED) is 0.702. The Labute approximate surface area is 77.2 Å². The Bertz CT molecular complexity index is 71.3. The minimum Gasteiger partial charge on any atom is -0.453 e. The summed E-state index contributed by atoms with van der Waals surface area (Å²) in [6.07, 6.45) is 1.14. The Morgan fingerprint density at radius 3 is 2.50 bits per heavy atom. The minimum atomic E-state index is 0. The van der Waals surface area contributed by atoms with Crippen molar-refractivity contribution in [3.05, 3.63) is 6.54 Å². The third kappa shape index (κ3) is 3.70. The van der Waals surface area contributed by atoms with E-state index in [1.165, 1.54) is 0 Å². The summed E-state index contributed by atoms with van der Waals surface area (Å²) in [4.78, 5) is 2.32. The van der Waals surface area contributed by atoms with Crippen LogP contribution in [0.25, 0.3) is 0 Å². The average Bonchev–Trinajstić information content (AvgIpc) is 1.91. The van der Waals surface area contributed by atoms with Crippen LogP contribution in [0.1, 0.15) is 13.3 Å². The predicted octanol–water partition coefficient (Wildman–Crippen LogP) is 0.888. The summed E-state index contributed by atoms with van der Waals surface area (Å²) < 4.78 is 5.18. The van der Waals surface area contributed by atoms with Crippen LogP contribution in [-0.4, -0.2) is 31.2 Å². The summed E-state index contributed by atoms with van der Waals surface area (Å²) in [6.45, 7) is 8.35. The minimum absolute atomic E-state index is 0. The van der Waals surface area contributed by atoms with Crippen molar-refractivity contribution < 1.29 is 25.8 Å². The van der Waals surface area contributed by atoms with Gasteiger partial charge in [-0.15, -0.1) is 0 Å². The van der Waals surface area contributed by atoms with Crippen molar-refractivity contribution in [2.75, 3.05) is 26.3 Å². The van der Waals surface area contributed by atoms with Gasteiger partial charge in [-0.3, -0.25) is 6.54 Å². The number of ether oxygens (including phenoxy) is 1. The normalized spacial score (nSPS) is 20.1. The van der Waals surface area contributed by atoms with Crippen LogP contribution in [0.15, 0.2) is 0 Å². The molecule has 0 N–H and O–H groups in total. The van der Waals surface area contributed by atoms with Gasteiger partial charge in [0.15, 0.2) is 0 Å². The van der Waals surface area contributed by atoms with Crippen molar-refractivity contribution in [3.8, 4) is 0 Å². The Hall–Kier alpha value is 0.608. The maximum absolute atomic E-state index is 5.18. The molecule has 1 heterocycles. The molecule has 0 unspecified atom stereocenters. The zero-order valence-corrected chi connectivity index (χ0v) is 9.31. The molecule has 1 rings (SSSR count). The first-order chi connectivity index (χ1) is 4.43. The Morgan fingerprint density at radius 1 is 1.40 bits per heavy atom. The third-order valence-electron chi connectivity index (χ3n) is 1.49. The molecule has 1 aliphatic heterocycles. The van der Waals surface area contributed by atoms with E-state index in [-0.39, 0.29) is 21.1 Å². The second-order valence-corrected chi connectivity index (χ2v) is 2.24. The van der Waals surface area contributed by atoms with E-state index < -0.39 is 0 Å². The first-order valence-corrected chi connectivity index (χ1v) is 3.58. The Kier molecular flexibility index (Phi) is 6.71. The van der Waals surface area contributed by atoms with Gasteiger partial charge in [0.2, 0.25) is 0 Å². The van der Waals surface area contributed by atoms with Gasteiger partial charge in [0.1, 0.15) is 0 Å². The maximum Gasteiger partial charge on any atom is 0.0570 e. The van der Waals surface area contributed by atoms with Crippen molar-refractivity contribution in [2.45, 2.75) is 13.3 Å². The van der Waals surface area contributed by atoms with Gasteiger partial charge < -0.3 is 9.64 Å². The molecule has 0 aliphatic carbocycles. The molecule has 0 aromatic rings. The summed E-state index contributed by atoms with van der Waals surface area (Å²) in [5.41, 5.74) is 0. The predicted molar refractivity (Wildman–Crippen MR) is 37.0 cm³/mol. The van der Waals surface area contributed by atoms with Crippen LogP contribution in [-0.2, 0) is 25.8 Å². The summed E-state index contributed by atoms with van der Waals surface area (Å²) in [5, 5.41) is 0. The Morgan fingerprint density at radius 2 is 2.00 bits per heavy atom. The number of hydrogen-bond acceptors (Lipinski definition) is 2. The van der Waals surface area contributed by atoms with Crippen molar-refractivity contribution in [1.82, 2.24) is 4.90 Å². The van der Waals surface area contributed by atoms with Gasteiger partial charge in [-0.05, 0) is 13.1 Å². The molecule has 0 bridgehead atoms. The fourth-order valence-electron chi connectivity index (χ4n) is 1.02. The monoisotopic (exact) mass is 312 g/mol. The molecule has 2 nitrogen and oxygen atoms in total. The fourth-order valence-corrected chi connectivity index (χ4v) is 1.02. The van der Waals surface area contributed by atoms with E-state index >= 15 is 0 Å². The molecule has 0 atom stereocenters. The Balaban J connectivity index is 0.000000810. The van der Waals surface area contributed by atoms with Gasteiger partial charge in [-0.2, -0.15) is 6.42 Å². The van der Waals surface area contributed by atoms with E-state index in [2.05, 4.69) is 18.4 Å². The van der Waals surface area contributed by atoms with Crippen LogP contribution in [0.5, 0.6) is 0 Å². The molecule has 0 aromatic carbocycles. The molecular weight excluding hydrogens is 298 g/mol. The van der Waals surface area contributed by atoms with Crippen LogP contribution in [0, 0.1) is 6.54 Å². The molecule has 3 heteroatoms. The molecule has 0 radical (unpaired) electrons. The van der Waals surface area contributed by atoms with E-state index in [0.29, 0.717) is 0 Å². The van der Waals surface area contributed by atoms with Crippen LogP contribution in [0.4, 0.5) is 0 Å². The van der Waals surface area contributed by atoms with Crippen molar-refractivity contribution in [2.24, 2.45) is 0 Å².